The van der Waals surface area contributed by atoms with Gasteiger partial charge in [0, 0.05) is 49.9 Å². The highest BCUT2D eigenvalue weighted by Gasteiger charge is 2.21. The molecule has 0 bridgehead atoms. The lowest BCUT2D eigenvalue weighted by molar-refractivity contribution is 0.577. The van der Waals surface area contributed by atoms with Gasteiger partial charge in [0.05, 0.1) is 5.69 Å². The molecule has 0 atom stereocenters. The monoisotopic (exact) mass is 371 g/mol. The summed E-state index contributed by atoms with van der Waals surface area (Å²) in [6.07, 6.45) is 6.59. The topological polar surface area (TPSA) is 89.8 Å². The van der Waals surface area contributed by atoms with Gasteiger partial charge in [0.25, 0.3) is 10.0 Å². The van der Waals surface area contributed by atoms with Gasteiger partial charge in [0.15, 0.2) is 5.03 Å². The SMILES string of the molecule is CC(C)c1nc(S(=O)(=O)NCc2cccnc2-c2cccnc2)cn1C. The molecular weight excluding hydrogens is 350 g/mol. The minimum atomic E-state index is -3.72. The Balaban J connectivity index is 1.84. The second-order valence-electron chi connectivity index (χ2n) is 6.28. The van der Waals surface area contributed by atoms with Gasteiger partial charge in [-0.15, -0.1) is 0 Å². The number of nitrogens with zero attached hydrogens (tertiary/aromatic N) is 4. The lowest BCUT2D eigenvalue weighted by Gasteiger charge is -2.09. The third-order valence-electron chi connectivity index (χ3n) is 3.96. The Morgan fingerprint density at radius 2 is 1.96 bits per heavy atom. The van der Waals surface area contributed by atoms with Gasteiger partial charge in [-0.25, -0.2) is 18.1 Å². The van der Waals surface area contributed by atoms with Crippen LogP contribution in [0.3, 0.4) is 0 Å². The first-order valence-corrected chi connectivity index (χ1v) is 9.74. The van der Waals surface area contributed by atoms with Crippen LogP contribution in [0.15, 0.2) is 54.1 Å². The number of sulfonamides is 1. The summed E-state index contributed by atoms with van der Waals surface area (Å²) in [5.74, 6) is 0.863. The molecule has 136 valence electrons. The van der Waals surface area contributed by atoms with Gasteiger partial charge >= 0.3 is 0 Å². The maximum absolute atomic E-state index is 12.6. The maximum Gasteiger partial charge on any atom is 0.259 e. The number of imidazole rings is 1. The Hall–Kier alpha value is -2.58. The standard InChI is InChI=1S/C18H21N5O2S/c1-13(2)18-22-16(12-23(18)3)26(24,25)21-11-15-7-5-9-20-17(15)14-6-4-8-19-10-14/h4-10,12-13,21H,11H2,1-3H3. The molecule has 3 heterocycles. The Labute approximate surface area is 153 Å². The molecule has 3 rings (SSSR count). The van der Waals surface area contributed by atoms with Crippen molar-refractivity contribution in [3.8, 4) is 11.3 Å². The molecular formula is C18H21N5O2S. The molecule has 0 aliphatic heterocycles. The summed E-state index contributed by atoms with van der Waals surface area (Å²) in [4.78, 5) is 12.7. The van der Waals surface area contributed by atoms with Crippen molar-refractivity contribution in [2.75, 3.05) is 0 Å². The van der Waals surface area contributed by atoms with Crippen molar-refractivity contribution in [2.24, 2.45) is 7.05 Å². The Kier molecular flexibility index (Phi) is 5.15. The summed E-state index contributed by atoms with van der Waals surface area (Å²) >= 11 is 0. The molecule has 0 aliphatic rings. The predicted octanol–water partition coefficient (Wildman–Crippen LogP) is 2.48. The molecule has 8 heteroatoms. The fraction of sp³-hybridized carbons (Fsp3) is 0.278. The van der Waals surface area contributed by atoms with Crippen LogP contribution in [0.2, 0.25) is 0 Å². The van der Waals surface area contributed by atoms with Crippen LogP contribution in [-0.2, 0) is 23.6 Å². The Morgan fingerprint density at radius 1 is 1.19 bits per heavy atom. The summed E-state index contributed by atoms with van der Waals surface area (Å²) in [7, 11) is -1.92. The van der Waals surface area contributed by atoms with Crippen LogP contribution in [0.1, 0.15) is 31.2 Å². The summed E-state index contributed by atoms with van der Waals surface area (Å²) in [6, 6.07) is 7.33. The summed E-state index contributed by atoms with van der Waals surface area (Å²) < 4.78 is 29.6. The Bertz CT molecular complexity index is 997. The number of pyridine rings is 2. The van der Waals surface area contributed by atoms with E-state index in [1.807, 2.05) is 32.0 Å². The zero-order valence-corrected chi connectivity index (χ0v) is 15.7. The molecule has 0 spiro atoms. The van der Waals surface area contributed by atoms with E-state index in [1.54, 1.807) is 36.3 Å². The van der Waals surface area contributed by atoms with Crippen molar-refractivity contribution >= 4 is 10.0 Å². The molecule has 0 aliphatic carbocycles. The van der Waals surface area contributed by atoms with Crippen LogP contribution in [0, 0.1) is 0 Å². The smallest absolute Gasteiger partial charge is 0.259 e. The highest BCUT2D eigenvalue weighted by Crippen LogP contribution is 2.21. The van der Waals surface area contributed by atoms with Gasteiger partial charge in [-0.2, -0.15) is 0 Å². The number of hydrogen-bond donors (Lipinski definition) is 1. The second-order valence-corrected chi connectivity index (χ2v) is 7.99. The van der Waals surface area contributed by atoms with Crippen LogP contribution < -0.4 is 4.72 Å². The van der Waals surface area contributed by atoms with Crippen LogP contribution in [0.4, 0.5) is 0 Å². The first kappa shape index (κ1) is 18.2. The maximum atomic E-state index is 12.6. The molecule has 1 N–H and O–H groups in total. The fourth-order valence-corrected chi connectivity index (χ4v) is 3.71. The summed E-state index contributed by atoms with van der Waals surface area (Å²) in [5.41, 5.74) is 2.30. The predicted molar refractivity (Wildman–Crippen MR) is 98.8 cm³/mol. The first-order chi connectivity index (χ1) is 12.4. The second kappa shape index (κ2) is 7.35. The lowest BCUT2D eigenvalue weighted by atomic mass is 10.1. The molecule has 0 radical (unpaired) electrons. The van der Waals surface area contributed by atoms with Crippen molar-refractivity contribution < 1.29 is 8.42 Å². The molecule has 0 aromatic carbocycles. The zero-order valence-electron chi connectivity index (χ0n) is 14.9. The zero-order chi connectivity index (χ0) is 18.7. The normalized spacial score (nSPS) is 11.8. The van der Waals surface area contributed by atoms with Crippen LogP contribution >= 0.6 is 0 Å². The minimum Gasteiger partial charge on any atom is -0.336 e. The van der Waals surface area contributed by atoms with Crippen LogP contribution in [-0.4, -0.2) is 27.9 Å². The lowest BCUT2D eigenvalue weighted by Crippen LogP contribution is -2.24. The molecule has 26 heavy (non-hydrogen) atoms. The van der Waals surface area contributed by atoms with Gasteiger partial charge < -0.3 is 4.57 Å². The van der Waals surface area contributed by atoms with Crippen molar-refractivity contribution in [1.29, 1.82) is 0 Å². The number of aromatic nitrogens is 4. The van der Waals surface area contributed by atoms with E-state index in [1.165, 1.54) is 6.20 Å². The average Bonchev–Trinajstić information content (AvgIpc) is 3.04. The first-order valence-electron chi connectivity index (χ1n) is 8.25. The van der Waals surface area contributed by atoms with E-state index in [4.69, 9.17) is 0 Å². The summed E-state index contributed by atoms with van der Waals surface area (Å²) in [6.45, 7) is 4.07. The molecule has 3 aromatic heterocycles. The highest BCUT2D eigenvalue weighted by atomic mass is 32.2. The number of aryl methyl sites for hydroxylation is 1. The highest BCUT2D eigenvalue weighted by molar-refractivity contribution is 7.89. The van der Waals surface area contributed by atoms with Crippen LogP contribution in [0.25, 0.3) is 11.3 Å². The third-order valence-corrected chi connectivity index (χ3v) is 5.23. The van der Waals surface area contributed by atoms with Gasteiger partial charge in [-0.05, 0) is 23.8 Å². The number of rotatable bonds is 6. The van der Waals surface area contributed by atoms with E-state index < -0.39 is 10.0 Å². The van der Waals surface area contributed by atoms with Gasteiger partial charge in [-0.3, -0.25) is 9.97 Å². The molecule has 3 aromatic rings. The molecule has 7 nitrogen and oxygen atoms in total. The summed E-state index contributed by atoms with van der Waals surface area (Å²) in [5, 5.41) is 0.0236. The minimum absolute atomic E-state index is 0.0236. The van der Waals surface area contributed by atoms with Gasteiger partial charge in [-0.1, -0.05) is 19.9 Å². The van der Waals surface area contributed by atoms with Crippen molar-refractivity contribution in [1.82, 2.24) is 24.2 Å². The molecule has 0 unspecified atom stereocenters. The number of hydrogen-bond acceptors (Lipinski definition) is 5. The van der Waals surface area contributed by atoms with E-state index in [0.717, 1.165) is 17.0 Å². The molecule has 0 fully saturated rings. The van der Waals surface area contributed by atoms with Gasteiger partial charge in [0.1, 0.15) is 5.82 Å². The third kappa shape index (κ3) is 3.81. The van der Waals surface area contributed by atoms with Crippen molar-refractivity contribution in [3.63, 3.8) is 0 Å². The van der Waals surface area contributed by atoms with E-state index in [2.05, 4.69) is 19.7 Å². The van der Waals surface area contributed by atoms with E-state index in [0.29, 0.717) is 5.69 Å². The quantitative estimate of drug-likeness (QED) is 0.719. The van der Waals surface area contributed by atoms with Crippen molar-refractivity contribution in [2.45, 2.75) is 31.3 Å². The molecule has 0 amide bonds. The van der Waals surface area contributed by atoms with Gasteiger partial charge in [0.2, 0.25) is 0 Å². The van der Waals surface area contributed by atoms with Crippen LogP contribution in [0.5, 0.6) is 0 Å². The largest absolute Gasteiger partial charge is 0.336 e. The molecule has 0 saturated heterocycles. The average molecular weight is 371 g/mol. The number of nitrogens with one attached hydrogen (secondary N) is 1. The Morgan fingerprint density at radius 3 is 2.62 bits per heavy atom. The van der Waals surface area contributed by atoms with E-state index >= 15 is 0 Å². The van der Waals surface area contributed by atoms with E-state index in [-0.39, 0.29) is 17.5 Å². The van der Waals surface area contributed by atoms with Crippen molar-refractivity contribution in [3.05, 3.63) is 60.4 Å². The molecule has 0 saturated carbocycles. The van der Waals surface area contributed by atoms with E-state index in [9.17, 15) is 8.42 Å². The fourth-order valence-electron chi connectivity index (χ4n) is 2.71.